The Balaban J connectivity index is 2.28. The van der Waals surface area contributed by atoms with Crippen LogP contribution in [0.4, 0.5) is 13.2 Å². The summed E-state index contributed by atoms with van der Waals surface area (Å²) in [4.78, 5) is 0. The van der Waals surface area contributed by atoms with Crippen LogP contribution < -0.4 is 15.2 Å². The fourth-order valence-corrected chi connectivity index (χ4v) is 1.99. The summed E-state index contributed by atoms with van der Waals surface area (Å²) in [5.74, 6) is 0.283. The summed E-state index contributed by atoms with van der Waals surface area (Å²) in [5, 5.41) is 0. The number of nitrogens with two attached hydrogens (primary N) is 1. The second kappa shape index (κ2) is 4.86. The van der Waals surface area contributed by atoms with E-state index in [9.17, 15) is 21.6 Å². The van der Waals surface area contributed by atoms with Gasteiger partial charge < -0.3 is 5.73 Å². The van der Waals surface area contributed by atoms with Crippen LogP contribution in [0.15, 0.2) is 0 Å². The predicted molar refractivity (Wildman–Crippen MR) is 51.7 cm³/mol. The summed E-state index contributed by atoms with van der Waals surface area (Å²) < 4.78 is 60.7. The van der Waals surface area contributed by atoms with E-state index in [0.717, 1.165) is 12.8 Å². The van der Waals surface area contributed by atoms with Crippen LogP contribution in [0.5, 0.6) is 0 Å². The maximum absolute atomic E-state index is 11.7. The molecule has 4 N–H and O–H groups in total. The Kier molecular flexibility index (Phi) is 4.16. The third-order valence-electron chi connectivity index (χ3n) is 2.20. The second-order valence-electron chi connectivity index (χ2n) is 3.79. The molecule has 96 valence electrons. The Morgan fingerprint density at radius 3 is 2.31 bits per heavy atom. The molecule has 1 fully saturated rings. The maximum Gasteiger partial charge on any atom is 0.402 e. The van der Waals surface area contributed by atoms with E-state index in [1.807, 2.05) is 4.72 Å². The number of rotatable bonds is 6. The molecule has 0 heterocycles. The third-order valence-corrected chi connectivity index (χ3v) is 3.27. The van der Waals surface area contributed by atoms with E-state index in [2.05, 4.69) is 0 Å². The molecule has 1 aliphatic rings. The minimum atomic E-state index is -4.56. The van der Waals surface area contributed by atoms with E-state index in [1.165, 1.54) is 4.72 Å². The van der Waals surface area contributed by atoms with Gasteiger partial charge in [0.15, 0.2) is 0 Å². The zero-order chi connectivity index (χ0) is 12.4. The molecule has 1 saturated carbocycles. The average molecular weight is 261 g/mol. The molecule has 0 amide bonds. The largest absolute Gasteiger partial charge is 0.402 e. The Bertz CT molecular complexity index is 326. The van der Waals surface area contributed by atoms with Crippen LogP contribution in [-0.4, -0.2) is 33.7 Å². The highest BCUT2D eigenvalue weighted by Gasteiger charge is 2.31. The van der Waals surface area contributed by atoms with Crippen LogP contribution in [-0.2, 0) is 10.2 Å². The van der Waals surface area contributed by atoms with Gasteiger partial charge in [-0.3, -0.25) is 0 Å². The lowest BCUT2D eigenvalue weighted by Crippen LogP contribution is -2.46. The van der Waals surface area contributed by atoms with Crippen molar-refractivity contribution in [3.63, 3.8) is 0 Å². The lowest BCUT2D eigenvalue weighted by Gasteiger charge is -2.13. The summed E-state index contributed by atoms with van der Waals surface area (Å²) in [6, 6.07) is -0.331. The second-order valence-corrected chi connectivity index (χ2v) is 5.37. The fraction of sp³-hybridized carbons (Fsp3) is 1.00. The normalized spacial score (nSPS) is 19.8. The first-order chi connectivity index (χ1) is 7.20. The molecule has 0 aliphatic heterocycles. The quantitative estimate of drug-likeness (QED) is 0.614. The molecule has 1 rings (SSSR count). The van der Waals surface area contributed by atoms with E-state index < -0.39 is 22.9 Å². The van der Waals surface area contributed by atoms with E-state index in [0.29, 0.717) is 0 Å². The van der Waals surface area contributed by atoms with Crippen LogP contribution in [0.2, 0.25) is 0 Å². The SMILES string of the molecule is NC(CNS(=O)(=O)NCC(F)(F)F)C1CC1. The van der Waals surface area contributed by atoms with E-state index in [1.54, 1.807) is 0 Å². The zero-order valence-corrected chi connectivity index (χ0v) is 9.24. The molecule has 0 aromatic rings. The van der Waals surface area contributed by atoms with Crippen molar-refractivity contribution in [3.05, 3.63) is 0 Å². The highest BCUT2D eigenvalue weighted by Crippen LogP contribution is 2.31. The molecule has 9 heteroatoms. The van der Waals surface area contributed by atoms with Gasteiger partial charge in [-0.2, -0.15) is 26.3 Å². The van der Waals surface area contributed by atoms with Crippen LogP contribution in [0.1, 0.15) is 12.8 Å². The van der Waals surface area contributed by atoms with E-state index in [-0.39, 0.29) is 18.5 Å². The molecule has 1 aliphatic carbocycles. The molecule has 0 bridgehead atoms. The number of halogens is 3. The van der Waals surface area contributed by atoms with Crippen molar-refractivity contribution in [1.29, 1.82) is 0 Å². The van der Waals surface area contributed by atoms with Gasteiger partial charge in [0.25, 0.3) is 10.2 Å². The van der Waals surface area contributed by atoms with Crippen molar-refractivity contribution >= 4 is 10.2 Å². The van der Waals surface area contributed by atoms with Crippen molar-refractivity contribution in [2.45, 2.75) is 25.1 Å². The summed E-state index contributed by atoms with van der Waals surface area (Å²) in [5.41, 5.74) is 5.59. The molecule has 5 nitrogen and oxygen atoms in total. The Morgan fingerprint density at radius 2 is 1.88 bits per heavy atom. The van der Waals surface area contributed by atoms with Gasteiger partial charge in [0.2, 0.25) is 0 Å². The molecule has 0 spiro atoms. The van der Waals surface area contributed by atoms with Gasteiger partial charge in [-0.1, -0.05) is 0 Å². The number of hydrogen-bond donors (Lipinski definition) is 3. The zero-order valence-electron chi connectivity index (χ0n) is 8.42. The van der Waals surface area contributed by atoms with Gasteiger partial charge in [0, 0.05) is 12.6 Å². The smallest absolute Gasteiger partial charge is 0.326 e. The molecule has 0 saturated heterocycles. The average Bonchev–Trinajstić information content (AvgIpc) is 2.93. The first-order valence-corrected chi connectivity index (χ1v) is 6.24. The first kappa shape index (κ1) is 13.7. The Morgan fingerprint density at radius 1 is 1.31 bits per heavy atom. The molecule has 0 radical (unpaired) electrons. The molecule has 1 unspecified atom stereocenters. The van der Waals surface area contributed by atoms with Gasteiger partial charge in [0.1, 0.15) is 6.54 Å². The third kappa shape index (κ3) is 5.64. The molecular formula is C7H14F3N3O2S. The Hall–Kier alpha value is -0.380. The highest BCUT2D eigenvalue weighted by atomic mass is 32.2. The van der Waals surface area contributed by atoms with Crippen molar-refractivity contribution in [3.8, 4) is 0 Å². The van der Waals surface area contributed by atoms with Crippen LogP contribution in [0.3, 0.4) is 0 Å². The molecule has 1 atom stereocenters. The van der Waals surface area contributed by atoms with Gasteiger partial charge in [-0.05, 0) is 18.8 Å². The van der Waals surface area contributed by atoms with Crippen molar-refractivity contribution < 1.29 is 21.6 Å². The number of hydrogen-bond acceptors (Lipinski definition) is 3. The molecule has 0 aromatic carbocycles. The lowest BCUT2D eigenvalue weighted by molar-refractivity contribution is -0.121. The highest BCUT2D eigenvalue weighted by molar-refractivity contribution is 7.87. The molecular weight excluding hydrogens is 247 g/mol. The monoisotopic (exact) mass is 261 g/mol. The van der Waals surface area contributed by atoms with E-state index in [4.69, 9.17) is 5.73 Å². The van der Waals surface area contributed by atoms with Crippen LogP contribution in [0.25, 0.3) is 0 Å². The van der Waals surface area contributed by atoms with E-state index >= 15 is 0 Å². The number of alkyl halides is 3. The molecule has 16 heavy (non-hydrogen) atoms. The van der Waals surface area contributed by atoms with Crippen molar-refractivity contribution in [2.75, 3.05) is 13.1 Å². The maximum atomic E-state index is 11.7. The summed E-state index contributed by atoms with van der Waals surface area (Å²) in [6.45, 7) is -1.63. The van der Waals surface area contributed by atoms with Gasteiger partial charge in [0.05, 0.1) is 0 Å². The fourth-order valence-electron chi connectivity index (χ4n) is 1.12. The predicted octanol–water partition coefficient (Wildman–Crippen LogP) is -0.290. The minimum Gasteiger partial charge on any atom is -0.326 e. The first-order valence-electron chi connectivity index (χ1n) is 4.76. The lowest BCUT2D eigenvalue weighted by atomic mass is 10.2. The topological polar surface area (TPSA) is 84.2 Å². The van der Waals surface area contributed by atoms with Crippen molar-refractivity contribution in [2.24, 2.45) is 11.7 Å². The Labute approximate surface area is 91.8 Å². The summed E-state index contributed by atoms with van der Waals surface area (Å²) in [7, 11) is -4.12. The van der Waals surface area contributed by atoms with Gasteiger partial charge >= 0.3 is 6.18 Å². The van der Waals surface area contributed by atoms with Crippen LogP contribution in [0, 0.1) is 5.92 Å². The number of nitrogens with one attached hydrogen (secondary N) is 2. The van der Waals surface area contributed by atoms with Gasteiger partial charge in [-0.15, -0.1) is 0 Å². The molecule has 0 aromatic heterocycles. The standard InChI is InChI=1S/C7H14F3N3O2S/c8-7(9,10)4-13-16(14,15)12-3-6(11)5-1-2-5/h5-6,12-13H,1-4,11H2. The minimum absolute atomic E-state index is 0.0438. The van der Waals surface area contributed by atoms with Crippen molar-refractivity contribution in [1.82, 2.24) is 9.44 Å². The van der Waals surface area contributed by atoms with Crippen LogP contribution >= 0.6 is 0 Å². The summed E-state index contributed by atoms with van der Waals surface area (Å²) >= 11 is 0. The van der Waals surface area contributed by atoms with Gasteiger partial charge in [-0.25, -0.2) is 4.72 Å². The summed E-state index contributed by atoms with van der Waals surface area (Å²) in [6.07, 6.45) is -2.68.